The van der Waals surface area contributed by atoms with Gasteiger partial charge in [-0.3, -0.25) is 37.1 Å². The van der Waals surface area contributed by atoms with Gasteiger partial charge in [-0.05, 0) is 109 Å². The van der Waals surface area contributed by atoms with Crippen LogP contribution in [0.25, 0.3) is 38.7 Å². The number of anilines is 2. The number of hydrogen-bond donors (Lipinski definition) is 5. The number of ether oxygens (including phenoxy) is 7. The summed E-state index contributed by atoms with van der Waals surface area (Å²) in [6.07, 6.45) is 7.05. The van der Waals surface area contributed by atoms with E-state index in [1.165, 1.54) is 56.0 Å². The molecule has 40 nitrogen and oxygen atoms in total. The van der Waals surface area contributed by atoms with Crippen LogP contribution in [0.4, 0.5) is 16.2 Å². The second-order valence-corrected chi connectivity index (χ2v) is 37.0. The molecule has 2 amide bonds. The quantitative estimate of drug-likeness (QED) is 0.0108. The van der Waals surface area contributed by atoms with Crippen LogP contribution in [-0.4, -0.2) is 213 Å². The summed E-state index contributed by atoms with van der Waals surface area (Å²) in [7, 11) is -5.84. The highest BCUT2D eigenvalue weighted by Crippen LogP contribution is 2.52. The van der Waals surface area contributed by atoms with Gasteiger partial charge >= 0.3 is 22.8 Å². The highest BCUT2D eigenvalue weighted by Gasteiger charge is 2.50. The number of nitrogens with one attached hydrogen (secondary N) is 2. The van der Waals surface area contributed by atoms with Crippen LogP contribution in [0.3, 0.4) is 0 Å². The lowest BCUT2D eigenvalue weighted by molar-refractivity contribution is -0.118. The van der Waals surface area contributed by atoms with Gasteiger partial charge in [0.15, 0.2) is 66.5 Å². The molecule has 8 aromatic heterocycles. The van der Waals surface area contributed by atoms with E-state index in [1.54, 1.807) is 57.7 Å². The number of nitriles is 1. The second-order valence-electron chi connectivity index (χ2n) is 33.4. The van der Waals surface area contributed by atoms with E-state index < -0.39 is 92.7 Å². The lowest BCUT2D eigenvalue weighted by Crippen LogP contribution is -2.35. The Kier molecular flexibility index (Phi) is 34.0. The Morgan fingerprint density at radius 2 is 1.15 bits per heavy atom. The number of rotatable bonds is 34. The normalized spacial score (nSPS) is 22.8. The van der Waals surface area contributed by atoms with Crippen molar-refractivity contribution in [2.75, 3.05) is 63.0 Å². The van der Waals surface area contributed by atoms with Gasteiger partial charge in [0, 0.05) is 92.6 Å². The van der Waals surface area contributed by atoms with Crippen LogP contribution in [0.5, 0.6) is 11.5 Å². The molecule has 43 heteroatoms. The van der Waals surface area contributed by atoms with Crippen LogP contribution in [0.15, 0.2) is 132 Å². The molecule has 0 aliphatic carbocycles. The van der Waals surface area contributed by atoms with Crippen LogP contribution >= 0.6 is 25.2 Å². The minimum atomic E-state index is -2.33. The van der Waals surface area contributed by atoms with E-state index in [1.807, 2.05) is 62.4 Å². The molecule has 14 rings (SSSR count). The van der Waals surface area contributed by atoms with Gasteiger partial charge < -0.3 is 81.5 Å². The van der Waals surface area contributed by atoms with Crippen molar-refractivity contribution in [3.05, 3.63) is 166 Å². The number of nitrogens with zero attached hydrogens (tertiary/aromatic N) is 17. The van der Waals surface area contributed by atoms with Crippen molar-refractivity contribution in [1.82, 2.24) is 72.5 Å². The van der Waals surface area contributed by atoms with Crippen LogP contribution in [0.1, 0.15) is 173 Å². The Hall–Kier alpha value is -10.4. The number of benzene rings is 2. The zero-order valence-electron chi connectivity index (χ0n) is 73.1. The average molecular weight is 1830 g/mol. The van der Waals surface area contributed by atoms with Crippen molar-refractivity contribution >= 4 is 88.4 Å². The molecule has 10 aromatic rings. The smallest absolute Gasteiger partial charge is 0.484 e. The summed E-state index contributed by atoms with van der Waals surface area (Å²) in [6.45, 7) is 35.9. The molecule has 4 aliphatic heterocycles. The number of aromatic nitrogens is 14. The number of amides is 2. The molecule has 4 fully saturated rings. The lowest BCUT2D eigenvalue weighted by atomic mass is 9.87. The van der Waals surface area contributed by atoms with Gasteiger partial charge in [-0.25, -0.2) is 36.0 Å². The van der Waals surface area contributed by atoms with Crippen LogP contribution in [0.2, 0.25) is 0 Å². The zero-order chi connectivity index (χ0) is 91.1. The number of carboxylic acid groups (broad SMARTS) is 1. The van der Waals surface area contributed by atoms with Crippen molar-refractivity contribution < 1.29 is 89.8 Å². The molecular weight excluding hydrogens is 1720 g/mol. The van der Waals surface area contributed by atoms with E-state index in [0.717, 1.165) is 12.0 Å². The molecule has 0 bridgehead atoms. The Morgan fingerprint density at radius 1 is 0.656 bits per heavy atom. The predicted octanol–water partition coefficient (Wildman–Crippen LogP) is 13.0. The molecule has 2 aromatic carbocycles. The first-order chi connectivity index (χ1) is 60.8. The second kappa shape index (κ2) is 44.3. The molecule has 4 saturated heterocycles. The third-order valence-corrected chi connectivity index (χ3v) is 26.0. The number of hydrogen-bond acceptors (Lipinski definition) is 29. The van der Waals surface area contributed by atoms with E-state index in [0.29, 0.717) is 83.3 Å². The molecule has 4 aliphatic rings. The lowest BCUT2D eigenvalue weighted by Gasteiger charge is -2.37. The molecule has 688 valence electrons. The number of pyridine rings is 2. The van der Waals surface area contributed by atoms with Gasteiger partial charge in [0.1, 0.15) is 24.3 Å². The van der Waals surface area contributed by atoms with Crippen molar-refractivity contribution in [2.45, 2.75) is 227 Å². The van der Waals surface area contributed by atoms with Crippen LogP contribution < -0.4 is 31.2 Å². The van der Waals surface area contributed by atoms with Crippen LogP contribution in [0, 0.1) is 35.7 Å². The molecule has 0 spiro atoms. The van der Waals surface area contributed by atoms with Gasteiger partial charge in [0.05, 0.1) is 86.2 Å². The summed E-state index contributed by atoms with van der Waals surface area (Å²) in [6, 6.07) is 24.0. The maximum Gasteiger partial charge on any atom is 0.506 e. The van der Waals surface area contributed by atoms with E-state index in [-0.39, 0.29) is 129 Å². The molecule has 0 saturated carbocycles. The van der Waals surface area contributed by atoms with E-state index in [2.05, 4.69) is 143 Å². The van der Waals surface area contributed by atoms with E-state index >= 15 is 0 Å². The van der Waals surface area contributed by atoms with E-state index in [4.69, 9.17) is 67.6 Å². The largest absolute Gasteiger partial charge is 0.506 e. The van der Waals surface area contributed by atoms with Crippen LogP contribution in [-0.2, 0) is 71.3 Å². The fourth-order valence-corrected chi connectivity index (χ4v) is 19.1. The predicted molar refractivity (Wildman–Crippen MR) is 472 cm³/mol. The molecule has 12 heterocycles. The fourth-order valence-electron chi connectivity index (χ4n) is 15.3. The highest BCUT2D eigenvalue weighted by molar-refractivity contribution is 7.44. The number of carbonyl (C=O) groups is 3. The monoisotopic (exact) mass is 1830 g/mol. The number of carbonyl (C=O) groups excluding carboxylic acids is 2. The average Bonchev–Trinajstić information content (AvgIpc) is 1.58. The first kappa shape index (κ1) is 98.2. The summed E-state index contributed by atoms with van der Waals surface area (Å²) < 4.78 is 95.7. The fraction of sp³-hybridized carbons (Fsp3) is 0.541. The molecule has 17 atom stereocenters. The van der Waals surface area contributed by atoms with E-state index in [9.17, 15) is 43.6 Å². The van der Waals surface area contributed by atoms with Gasteiger partial charge in [-0.15, -0.1) is 10.2 Å². The molecule has 128 heavy (non-hydrogen) atoms. The Bertz CT molecular complexity index is 5600. The topological polar surface area (TPSA) is 461 Å². The Morgan fingerprint density at radius 3 is 1.60 bits per heavy atom. The summed E-state index contributed by atoms with van der Waals surface area (Å²) >= 11 is 0. The minimum Gasteiger partial charge on any atom is -0.484 e. The highest BCUT2D eigenvalue weighted by atomic mass is 31.2. The summed E-state index contributed by atoms with van der Waals surface area (Å²) in [5, 5.41) is 51.2. The molecule has 3 unspecified atom stereocenters. The maximum absolute atomic E-state index is 12.9. The van der Waals surface area contributed by atoms with Crippen molar-refractivity contribution in [3.8, 4) is 17.6 Å². The van der Waals surface area contributed by atoms with Crippen molar-refractivity contribution in [1.29, 1.82) is 5.26 Å². The first-order valence-corrected chi connectivity index (χ1v) is 45.5. The summed E-state index contributed by atoms with van der Waals surface area (Å²) in [5.41, 5.74) is 4.43. The first-order valence-electron chi connectivity index (χ1n) is 41.9. The number of fused-ring (bicyclic) bond motifs is 4. The zero-order valence-corrected chi connectivity index (χ0v) is 75.8. The number of aliphatic hydroxyl groups excluding tert-OH is 1. The van der Waals surface area contributed by atoms with Crippen molar-refractivity contribution in [2.24, 2.45) is 17.8 Å². The van der Waals surface area contributed by atoms with Crippen molar-refractivity contribution in [3.63, 3.8) is 0 Å². The standard InChI is InChI=1S/C39H46N9O11P.C32H46N7O5P.C13H16N3O5P.CH4/c1-7-27-28(20-32(56-27)48-35-33(44-45-48)26(12-14-41-35)43-30(49)22-53-25-10-8-24(9-11-25)39(3,4)5)59-60(54-19-16-40-6)55-21-29-23(2)34(58-38(51)52)36(57-29)47-17-13-31(50)46-18-15-42-37(46)47;1-9-26-27(44-45(42-18-10-16-33)39(21(2)3)22(4)5)19-29(43-26)38-31-30(36-37-38)25(15-17-34-31)35-28(40)20-41-24-13-11-23(12-14-24)32(6,7)8;1-8-9(7-22(19)20)12(21-10(8)6-17)16-4-2-11(18)15-5-3-14-13(15)16;/h8-15,17-18,23,27-29,32,34,36H,7,16,19-22H2,1-5H3,(H,51,52)(H,41,43,49);11-15,17,21-22,26-27,29H,9-10,18-20H2,1-8H3,(H,34,35,40);2-5,8-10,12,17H,6-7H2,1H3;1H4/p+1/t23-,27-,28+,29-,32-,34-,36-,60?;26-,27+,29-,45?;8-,9+,10+,12+;/m110./s1. The minimum absolute atomic E-state index is 0. The molecular formula is C85H113N19O21P3+. The maximum atomic E-state index is 12.9. The Balaban J connectivity index is 0.000000204. The third-order valence-electron chi connectivity index (χ3n) is 21.9. The van der Waals surface area contributed by atoms with Gasteiger partial charge in [0.2, 0.25) is 18.1 Å². The number of aliphatic hydroxyl groups is 1. The van der Waals surface area contributed by atoms with Gasteiger partial charge in [-0.2, -0.15) is 19.5 Å². The van der Waals surface area contributed by atoms with Gasteiger partial charge in [-0.1, -0.05) is 111 Å². The SMILES string of the molecule is C.CC[C@H]1O[C@@H](n2nnc3c(NC(=O)COc4ccc(C(C)(C)C)cc4)ccnc32)C[C@@H]1OP(OCCC#N)N(C(C)C)C(C)C.C[C@H]1[C@@H](C[P+](=O)O)[C@H](n2ccc(=O)n3ccnc23)O[C@@H]1CO.[C-]#[N+]CCOP(OC[C@H]1O[C@@H](n2ccc(=O)n3ccnc23)[C@H](OC(=O)O)[C@@H]1C)O[C@H]1C[C@H](n2nnc3c(NC(=O)COc4ccc(C(C)(C)C)cc4)ccnc32)O[C@@H]1CC. The summed E-state index contributed by atoms with van der Waals surface area (Å²) in [4.78, 5) is 91.8. The third kappa shape index (κ3) is 23.8. The Labute approximate surface area is 743 Å². The number of imidazole rings is 2. The molecule has 0 radical (unpaired) electrons. The van der Waals surface area contributed by atoms with Gasteiger partial charge in [0.25, 0.3) is 31.5 Å². The molecule has 5 N–H and O–H groups in total. The summed E-state index contributed by atoms with van der Waals surface area (Å²) in [5.74, 6) is 0.282.